The lowest BCUT2D eigenvalue weighted by Crippen LogP contribution is -2.46. The van der Waals surface area contributed by atoms with Gasteiger partial charge >= 0.3 is 11.9 Å². The summed E-state index contributed by atoms with van der Waals surface area (Å²) in [5, 5.41) is 0. The van der Waals surface area contributed by atoms with E-state index in [1.165, 1.54) is 7.11 Å². The van der Waals surface area contributed by atoms with Crippen molar-refractivity contribution in [2.24, 2.45) is 27.7 Å². The van der Waals surface area contributed by atoms with Gasteiger partial charge in [-0.1, -0.05) is 19.3 Å². The number of carbonyl (C=O) groups excluding carboxylic acids is 3. The van der Waals surface area contributed by atoms with Crippen molar-refractivity contribution in [3.63, 3.8) is 0 Å². The van der Waals surface area contributed by atoms with E-state index < -0.39 is 23.0 Å². The molecule has 0 aromatic rings. The van der Waals surface area contributed by atoms with Gasteiger partial charge in [-0.05, 0) is 65.5 Å². The van der Waals surface area contributed by atoms with Gasteiger partial charge in [-0.25, -0.2) is 0 Å². The smallest absolute Gasteiger partial charge is 0.315 e. The first kappa shape index (κ1) is 25.1. The third-order valence-corrected chi connectivity index (χ3v) is 6.72. The molecule has 0 amide bonds. The molecule has 0 aromatic carbocycles. The van der Waals surface area contributed by atoms with Gasteiger partial charge in [0, 0.05) is 29.1 Å². The highest BCUT2D eigenvalue weighted by Gasteiger charge is 2.50. The molecule has 0 aromatic heterocycles. The summed E-state index contributed by atoms with van der Waals surface area (Å²) in [6.07, 6.45) is 9.85. The Morgan fingerprint density at radius 1 is 1.12 bits per heavy atom. The molecule has 1 aliphatic carbocycles. The molecule has 7 nitrogen and oxygen atoms in total. The second-order valence-corrected chi connectivity index (χ2v) is 10.3. The van der Waals surface area contributed by atoms with Gasteiger partial charge in [0.15, 0.2) is 11.3 Å². The predicted octanol–water partition coefficient (Wildman–Crippen LogP) is 4.40. The number of carbonyl (C=O) groups is 3. The maximum atomic E-state index is 14.2. The first-order chi connectivity index (χ1) is 15.5. The average molecular weight is 457 g/mol. The van der Waals surface area contributed by atoms with E-state index in [1.807, 2.05) is 13.8 Å². The normalized spacial score (nSPS) is 28.0. The topological polar surface area (TPSA) is 94.4 Å². The Hall–Kier alpha value is -2.57. The van der Waals surface area contributed by atoms with E-state index in [-0.39, 0.29) is 30.0 Å². The Labute approximate surface area is 196 Å². The standard InChI is InChI=1S/C26H36N2O5/c1-16-20(23(30)26(13-10-14-27-26)15-19(29)33-25(3,4)5)22(18-11-8-7-9-12-18)21(17(2)28-16)24(31)32-6/h10,13-14,18,21-22H,7-9,11-12,15H2,1-6H3. The molecular weight excluding hydrogens is 420 g/mol. The summed E-state index contributed by atoms with van der Waals surface area (Å²) in [4.78, 5) is 48.9. The zero-order valence-corrected chi connectivity index (χ0v) is 20.6. The van der Waals surface area contributed by atoms with Crippen LogP contribution in [0.4, 0.5) is 0 Å². The van der Waals surface area contributed by atoms with E-state index in [4.69, 9.17) is 9.47 Å². The quantitative estimate of drug-likeness (QED) is 0.552. The van der Waals surface area contributed by atoms with Gasteiger partial charge < -0.3 is 9.47 Å². The lowest BCUT2D eigenvalue weighted by Gasteiger charge is -2.40. The zero-order valence-electron chi connectivity index (χ0n) is 20.6. The minimum absolute atomic E-state index is 0.162. The fourth-order valence-electron chi connectivity index (χ4n) is 5.39. The average Bonchev–Trinajstić information content (AvgIpc) is 3.21. The first-order valence-electron chi connectivity index (χ1n) is 11.8. The van der Waals surface area contributed by atoms with Crippen molar-refractivity contribution in [2.45, 2.75) is 84.3 Å². The molecule has 3 atom stereocenters. The van der Waals surface area contributed by atoms with Gasteiger partial charge in [-0.2, -0.15) is 0 Å². The van der Waals surface area contributed by atoms with E-state index in [1.54, 1.807) is 39.1 Å². The number of ether oxygens (including phenoxy) is 2. The van der Waals surface area contributed by atoms with E-state index in [0.717, 1.165) is 32.1 Å². The van der Waals surface area contributed by atoms with Gasteiger partial charge in [0.2, 0.25) is 0 Å². The minimum Gasteiger partial charge on any atom is -0.468 e. The highest BCUT2D eigenvalue weighted by atomic mass is 16.6. The fourth-order valence-corrected chi connectivity index (χ4v) is 5.39. The van der Waals surface area contributed by atoms with Crippen LogP contribution in [0.3, 0.4) is 0 Å². The van der Waals surface area contributed by atoms with Crippen molar-refractivity contribution in [3.05, 3.63) is 23.4 Å². The first-order valence-corrected chi connectivity index (χ1v) is 11.8. The van der Waals surface area contributed by atoms with Crippen molar-refractivity contribution in [1.29, 1.82) is 0 Å². The largest absolute Gasteiger partial charge is 0.468 e. The molecule has 0 spiro atoms. The molecule has 7 heteroatoms. The van der Waals surface area contributed by atoms with Crippen molar-refractivity contribution in [2.75, 3.05) is 7.11 Å². The van der Waals surface area contributed by atoms with Gasteiger partial charge in [0.05, 0.1) is 13.5 Å². The molecule has 3 unspecified atom stereocenters. The highest BCUT2D eigenvalue weighted by Crippen LogP contribution is 2.45. The fraction of sp³-hybridized carbons (Fsp3) is 0.654. The number of aliphatic imine (C=N–C) groups is 2. The van der Waals surface area contributed by atoms with E-state index in [2.05, 4.69) is 9.98 Å². The molecule has 33 heavy (non-hydrogen) atoms. The SMILES string of the molecule is COC(=O)C1C(C)=NC(C)=C(C(=O)C2(CC(=O)OC(C)(C)C)C=CC=N2)C1C1CCCCC1. The lowest BCUT2D eigenvalue weighted by atomic mass is 9.65. The summed E-state index contributed by atoms with van der Waals surface area (Å²) in [7, 11) is 1.37. The molecule has 0 N–H and O–H groups in total. The molecular formula is C26H36N2O5. The summed E-state index contributed by atoms with van der Waals surface area (Å²) in [6, 6.07) is 0. The second-order valence-electron chi connectivity index (χ2n) is 10.3. The number of rotatable bonds is 6. The monoisotopic (exact) mass is 456 g/mol. The molecule has 2 aliphatic heterocycles. The number of Topliss-reactive ketones (excluding diaryl/α,β-unsaturated/α-hetero) is 1. The molecule has 180 valence electrons. The molecule has 3 rings (SSSR count). The molecule has 0 saturated heterocycles. The maximum absolute atomic E-state index is 14.2. The lowest BCUT2D eigenvalue weighted by molar-refractivity contribution is -0.157. The number of methoxy groups -OCH3 is 1. The summed E-state index contributed by atoms with van der Waals surface area (Å²) < 4.78 is 10.7. The van der Waals surface area contributed by atoms with Gasteiger partial charge in [0.25, 0.3) is 0 Å². The number of nitrogens with zero attached hydrogens (tertiary/aromatic N) is 2. The Balaban J connectivity index is 2.05. The number of hydrogen-bond donors (Lipinski definition) is 0. The van der Waals surface area contributed by atoms with Crippen LogP contribution in [-0.2, 0) is 23.9 Å². The Morgan fingerprint density at radius 3 is 2.33 bits per heavy atom. The van der Waals surface area contributed by atoms with Crippen molar-refractivity contribution in [1.82, 2.24) is 0 Å². The van der Waals surface area contributed by atoms with E-state index in [9.17, 15) is 14.4 Å². The summed E-state index contributed by atoms with van der Waals surface area (Å²) in [6.45, 7) is 9.01. The Bertz CT molecular complexity index is 917. The zero-order chi connectivity index (χ0) is 24.4. The van der Waals surface area contributed by atoms with Crippen LogP contribution in [-0.4, -0.2) is 47.9 Å². The summed E-state index contributed by atoms with van der Waals surface area (Å²) >= 11 is 0. The number of esters is 2. The van der Waals surface area contributed by atoms with Gasteiger partial charge in [-0.3, -0.25) is 24.4 Å². The molecule has 3 aliphatic rings. The van der Waals surface area contributed by atoms with Crippen LogP contribution in [0.15, 0.2) is 33.4 Å². The van der Waals surface area contributed by atoms with Crippen LogP contribution in [0.25, 0.3) is 0 Å². The van der Waals surface area contributed by atoms with Crippen molar-refractivity contribution in [3.8, 4) is 0 Å². The van der Waals surface area contributed by atoms with Crippen LogP contribution < -0.4 is 0 Å². The summed E-state index contributed by atoms with van der Waals surface area (Å²) in [5.74, 6) is -1.95. The van der Waals surface area contributed by atoms with Gasteiger partial charge in [0.1, 0.15) is 11.5 Å². The number of ketones is 1. The van der Waals surface area contributed by atoms with Gasteiger partial charge in [-0.15, -0.1) is 0 Å². The van der Waals surface area contributed by atoms with Crippen LogP contribution >= 0.6 is 0 Å². The maximum Gasteiger partial charge on any atom is 0.315 e. The third-order valence-electron chi connectivity index (χ3n) is 6.72. The van der Waals surface area contributed by atoms with Crippen LogP contribution in [0.2, 0.25) is 0 Å². The van der Waals surface area contributed by atoms with Crippen LogP contribution in [0.1, 0.15) is 73.1 Å². The number of allylic oxidation sites excluding steroid dienone is 2. The highest BCUT2D eigenvalue weighted by molar-refractivity contribution is 6.12. The van der Waals surface area contributed by atoms with Crippen LogP contribution in [0, 0.1) is 17.8 Å². The molecule has 2 heterocycles. The third kappa shape index (κ3) is 5.33. The van der Waals surface area contributed by atoms with Crippen molar-refractivity contribution >= 4 is 29.6 Å². The van der Waals surface area contributed by atoms with E-state index >= 15 is 0 Å². The molecule has 1 fully saturated rings. The Morgan fingerprint density at radius 2 is 1.79 bits per heavy atom. The molecule has 0 bridgehead atoms. The predicted molar refractivity (Wildman–Crippen MR) is 127 cm³/mol. The van der Waals surface area contributed by atoms with Crippen LogP contribution in [0.5, 0.6) is 0 Å². The minimum atomic E-state index is -1.38. The molecule has 0 radical (unpaired) electrons. The summed E-state index contributed by atoms with van der Waals surface area (Å²) in [5.41, 5.74) is -0.302. The number of hydrogen-bond acceptors (Lipinski definition) is 7. The Kier molecular flexibility index (Phi) is 7.39. The van der Waals surface area contributed by atoms with E-state index in [0.29, 0.717) is 17.0 Å². The second kappa shape index (κ2) is 9.74. The molecule has 1 saturated carbocycles. The van der Waals surface area contributed by atoms with Crippen molar-refractivity contribution < 1.29 is 23.9 Å².